The summed E-state index contributed by atoms with van der Waals surface area (Å²) in [5.74, 6) is 0.307. The van der Waals surface area contributed by atoms with Gasteiger partial charge in [0.1, 0.15) is 0 Å². The average Bonchev–Trinajstić information content (AvgIpc) is 2.27. The summed E-state index contributed by atoms with van der Waals surface area (Å²) in [6.07, 6.45) is 5.49. The average molecular weight is 249 g/mol. The summed E-state index contributed by atoms with van der Waals surface area (Å²) in [5.41, 5.74) is 6.97. The number of alkyl halides is 1. The van der Waals surface area contributed by atoms with Crippen LogP contribution in [0.25, 0.3) is 0 Å². The third-order valence-electron chi connectivity index (χ3n) is 1.49. The Labute approximate surface area is 85.5 Å². The number of halogens is 2. The monoisotopic (exact) mass is 247 g/mol. The molecule has 1 unspecified atom stereocenters. The van der Waals surface area contributed by atoms with Crippen LogP contribution in [0.1, 0.15) is 0 Å². The van der Waals surface area contributed by atoms with Crippen molar-refractivity contribution in [2.24, 2.45) is 15.7 Å². The Morgan fingerprint density at radius 3 is 2.92 bits per heavy atom. The molecule has 2 N–H and O–H groups in total. The van der Waals surface area contributed by atoms with Crippen molar-refractivity contribution in [1.29, 1.82) is 0 Å². The van der Waals surface area contributed by atoms with Crippen molar-refractivity contribution in [3.8, 4) is 0 Å². The Balaban J connectivity index is 0.000000720. The fourth-order valence-electron chi connectivity index (χ4n) is 1.02. The standard InChI is InChI=1S/C7H6ClN3.BrH/c8-4-1-2-5-6(3-4)11-7(9)10-5;/h1-4H,(H2,9,11);1H. The molecule has 0 aromatic rings. The number of allylic oxidation sites excluding steroid dienone is 3. The smallest absolute Gasteiger partial charge is 0.221 e. The van der Waals surface area contributed by atoms with Gasteiger partial charge in [0.05, 0.1) is 16.8 Å². The SMILES string of the molecule is Br.NC1=NC2=CC(Cl)C=CC2=N1. The maximum atomic E-state index is 5.80. The third-order valence-corrected chi connectivity index (χ3v) is 1.76. The van der Waals surface area contributed by atoms with Gasteiger partial charge in [0, 0.05) is 0 Å². The summed E-state index contributed by atoms with van der Waals surface area (Å²) in [7, 11) is 0. The second-order valence-corrected chi connectivity index (χ2v) is 2.83. The molecule has 0 aromatic heterocycles. The van der Waals surface area contributed by atoms with E-state index in [-0.39, 0.29) is 22.4 Å². The van der Waals surface area contributed by atoms with E-state index in [0.29, 0.717) is 5.96 Å². The van der Waals surface area contributed by atoms with Crippen LogP contribution in [0.2, 0.25) is 0 Å². The molecule has 64 valence electrons. The minimum Gasteiger partial charge on any atom is -0.368 e. The van der Waals surface area contributed by atoms with Crippen LogP contribution in [0.15, 0.2) is 33.9 Å². The quantitative estimate of drug-likeness (QED) is 0.647. The molecule has 0 bridgehead atoms. The summed E-state index contributed by atoms with van der Waals surface area (Å²) in [5, 5.41) is -0.0846. The number of fused-ring (bicyclic) bond motifs is 1. The summed E-state index contributed by atoms with van der Waals surface area (Å²) >= 11 is 5.80. The molecule has 2 aliphatic rings. The van der Waals surface area contributed by atoms with E-state index in [9.17, 15) is 0 Å². The lowest BCUT2D eigenvalue weighted by Crippen LogP contribution is -2.04. The molecule has 0 saturated carbocycles. The highest BCUT2D eigenvalue weighted by atomic mass is 79.9. The van der Waals surface area contributed by atoms with Gasteiger partial charge in [-0.3, -0.25) is 0 Å². The molecule has 12 heavy (non-hydrogen) atoms. The first-order chi connectivity index (χ1) is 5.25. The van der Waals surface area contributed by atoms with E-state index in [2.05, 4.69) is 9.98 Å². The fourth-order valence-corrected chi connectivity index (χ4v) is 1.21. The number of guanidine groups is 1. The molecule has 2 rings (SSSR count). The van der Waals surface area contributed by atoms with Crippen LogP contribution in [0.5, 0.6) is 0 Å². The molecule has 1 aliphatic heterocycles. The Morgan fingerprint density at radius 2 is 2.17 bits per heavy atom. The van der Waals surface area contributed by atoms with Crippen LogP contribution in [0.4, 0.5) is 0 Å². The summed E-state index contributed by atoms with van der Waals surface area (Å²) in [6, 6.07) is 0. The van der Waals surface area contributed by atoms with Gasteiger partial charge in [-0.1, -0.05) is 6.08 Å². The minimum atomic E-state index is -0.0846. The zero-order chi connectivity index (χ0) is 7.84. The van der Waals surface area contributed by atoms with Gasteiger partial charge < -0.3 is 5.73 Å². The van der Waals surface area contributed by atoms with Crippen molar-refractivity contribution >= 4 is 40.3 Å². The number of nitrogens with two attached hydrogens (primary N) is 1. The lowest BCUT2D eigenvalue weighted by molar-refractivity contribution is 1.31. The summed E-state index contributed by atoms with van der Waals surface area (Å²) < 4.78 is 0. The number of nitrogens with zero attached hydrogens (tertiary/aromatic N) is 2. The van der Waals surface area contributed by atoms with Gasteiger partial charge in [-0.05, 0) is 12.2 Å². The van der Waals surface area contributed by atoms with Gasteiger partial charge in [0.25, 0.3) is 0 Å². The van der Waals surface area contributed by atoms with Crippen molar-refractivity contribution in [2.75, 3.05) is 0 Å². The maximum Gasteiger partial charge on any atom is 0.221 e. The Bertz CT molecular complexity index is 317. The van der Waals surface area contributed by atoms with Crippen LogP contribution in [0.3, 0.4) is 0 Å². The van der Waals surface area contributed by atoms with Crippen LogP contribution in [-0.4, -0.2) is 17.0 Å². The molecule has 0 fully saturated rings. The Kier molecular flexibility index (Phi) is 2.69. The van der Waals surface area contributed by atoms with Gasteiger partial charge in [0.15, 0.2) is 0 Å². The van der Waals surface area contributed by atoms with E-state index in [1.54, 1.807) is 0 Å². The maximum absolute atomic E-state index is 5.80. The van der Waals surface area contributed by atoms with E-state index < -0.39 is 0 Å². The lowest BCUT2D eigenvalue weighted by atomic mass is 10.1. The number of rotatable bonds is 0. The van der Waals surface area contributed by atoms with Gasteiger partial charge in [-0.15, -0.1) is 28.6 Å². The van der Waals surface area contributed by atoms with E-state index >= 15 is 0 Å². The topological polar surface area (TPSA) is 50.7 Å². The predicted octanol–water partition coefficient (Wildman–Crippen LogP) is 1.39. The van der Waals surface area contributed by atoms with Crippen LogP contribution in [-0.2, 0) is 0 Å². The number of aliphatic imine (C=N–C) groups is 2. The van der Waals surface area contributed by atoms with E-state index in [4.69, 9.17) is 17.3 Å². The lowest BCUT2D eigenvalue weighted by Gasteiger charge is -2.04. The molecule has 0 saturated heterocycles. The van der Waals surface area contributed by atoms with Gasteiger partial charge >= 0.3 is 0 Å². The van der Waals surface area contributed by atoms with E-state index in [1.165, 1.54) is 0 Å². The summed E-state index contributed by atoms with van der Waals surface area (Å²) in [6.45, 7) is 0. The normalized spacial score (nSPS) is 25.1. The van der Waals surface area contributed by atoms with Gasteiger partial charge in [0.2, 0.25) is 5.96 Å². The van der Waals surface area contributed by atoms with Crippen LogP contribution in [0, 0.1) is 0 Å². The first kappa shape index (κ1) is 9.48. The molecular weight excluding hydrogens is 241 g/mol. The first-order valence-corrected chi connectivity index (χ1v) is 3.67. The zero-order valence-corrected chi connectivity index (χ0v) is 8.54. The molecule has 1 atom stereocenters. The van der Waals surface area contributed by atoms with Crippen molar-refractivity contribution in [1.82, 2.24) is 0 Å². The molecular formula is C7H7BrClN3. The minimum absolute atomic E-state index is 0. The molecule has 0 aromatic carbocycles. The largest absolute Gasteiger partial charge is 0.368 e. The molecule has 3 nitrogen and oxygen atoms in total. The van der Waals surface area contributed by atoms with Crippen molar-refractivity contribution in [3.05, 3.63) is 23.9 Å². The zero-order valence-electron chi connectivity index (χ0n) is 6.07. The van der Waals surface area contributed by atoms with Crippen LogP contribution < -0.4 is 5.73 Å². The highest BCUT2D eigenvalue weighted by Gasteiger charge is 2.16. The number of hydrogen-bond donors (Lipinski definition) is 1. The number of hydrogen-bond acceptors (Lipinski definition) is 3. The van der Waals surface area contributed by atoms with Crippen molar-refractivity contribution in [2.45, 2.75) is 5.38 Å². The van der Waals surface area contributed by atoms with E-state index in [1.807, 2.05) is 18.2 Å². The van der Waals surface area contributed by atoms with Crippen molar-refractivity contribution < 1.29 is 0 Å². The van der Waals surface area contributed by atoms with Gasteiger partial charge in [-0.25, -0.2) is 9.98 Å². The highest BCUT2D eigenvalue weighted by molar-refractivity contribution is 8.93. The molecule has 1 heterocycles. The predicted molar refractivity (Wildman–Crippen MR) is 56.2 cm³/mol. The second kappa shape index (κ2) is 3.41. The molecule has 0 amide bonds. The van der Waals surface area contributed by atoms with Crippen LogP contribution >= 0.6 is 28.6 Å². The van der Waals surface area contributed by atoms with Crippen molar-refractivity contribution in [3.63, 3.8) is 0 Å². The fraction of sp³-hybridized carbons (Fsp3) is 0.143. The molecule has 0 spiro atoms. The van der Waals surface area contributed by atoms with E-state index in [0.717, 1.165) is 11.4 Å². The summed E-state index contributed by atoms with van der Waals surface area (Å²) in [4.78, 5) is 7.95. The Morgan fingerprint density at radius 1 is 1.42 bits per heavy atom. The third kappa shape index (κ3) is 1.59. The highest BCUT2D eigenvalue weighted by Crippen LogP contribution is 2.18. The molecule has 0 radical (unpaired) electrons. The molecule has 1 aliphatic carbocycles. The molecule has 5 heteroatoms. The first-order valence-electron chi connectivity index (χ1n) is 3.23. The van der Waals surface area contributed by atoms with Gasteiger partial charge in [-0.2, -0.15) is 0 Å². The second-order valence-electron chi connectivity index (χ2n) is 2.32. The Hall–Kier alpha value is -0.610.